The molecule has 116 valence electrons. The zero-order valence-corrected chi connectivity index (χ0v) is 14.4. The van der Waals surface area contributed by atoms with Crippen molar-refractivity contribution in [2.45, 2.75) is 0 Å². The lowest BCUT2D eigenvalue weighted by Gasteiger charge is -2.05. The maximum atomic E-state index is 12.0. The topological polar surface area (TPSA) is 66.9 Å². The van der Waals surface area contributed by atoms with Crippen LogP contribution in [-0.4, -0.2) is 22.4 Å². The molecule has 7 heteroatoms. The largest absolute Gasteiger partial charge is 0.361 e. The second-order valence-electron chi connectivity index (χ2n) is 4.66. The van der Waals surface area contributed by atoms with Crippen molar-refractivity contribution in [1.82, 2.24) is 9.97 Å². The van der Waals surface area contributed by atoms with Crippen LogP contribution in [0, 0.1) is 0 Å². The Morgan fingerprint density at radius 1 is 1.22 bits per heavy atom. The van der Waals surface area contributed by atoms with Gasteiger partial charge < -0.3 is 10.6 Å². The summed E-state index contributed by atoms with van der Waals surface area (Å²) in [5, 5.41) is 8.26. The standard InChI is InChI=1S/C16H13BrN4OS/c17-12-6-7-18-14(8-12)19-9-15(22)21-16-20-13(10-23-16)11-4-2-1-3-5-11/h1-8,10H,9H2,(H,18,19)(H,20,21,22). The van der Waals surface area contributed by atoms with Crippen LogP contribution in [0.25, 0.3) is 11.3 Å². The van der Waals surface area contributed by atoms with Gasteiger partial charge in [0.2, 0.25) is 5.91 Å². The number of nitrogens with one attached hydrogen (secondary N) is 2. The Kier molecular flexibility index (Phi) is 4.99. The number of hydrogen-bond donors (Lipinski definition) is 2. The van der Waals surface area contributed by atoms with Crippen LogP contribution >= 0.6 is 27.3 Å². The van der Waals surface area contributed by atoms with E-state index < -0.39 is 0 Å². The SMILES string of the molecule is O=C(CNc1cc(Br)ccn1)Nc1nc(-c2ccccc2)cs1. The number of halogens is 1. The Bertz CT molecular complexity index is 807. The Hall–Kier alpha value is -2.25. The molecule has 1 amide bonds. The van der Waals surface area contributed by atoms with Crippen molar-refractivity contribution < 1.29 is 4.79 Å². The Morgan fingerprint density at radius 3 is 2.83 bits per heavy atom. The van der Waals surface area contributed by atoms with E-state index in [9.17, 15) is 4.79 Å². The zero-order chi connectivity index (χ0) is 16.1. The van der Waals surface area contributed by atoms with Crippen LogP contribution in [0.5, 0.6) is 0 Å². The molecule has 23 heavy (non-hydrogen) atoms. The molecular formula is C16H13BrN4OS. The summed E-state index contributed by atoms with van der Waals surface area (Å²) < 4.78 is 0.905. The highest BCUT2D eigenvalue weighted by atomic mass is 79.9. The van der Waals surface area contributed by atoms with Crippen LogP contribution in [0.2, 0.25) is 0 Å². The zero-order valence-electron chi connectivity index (χ0n) is 12.0. The van der Waals surface area contributed by atoms with Gasteiger partial charge in [-0.05, 0) is 12.1 Å². The molecule has 0 aliphatic heterocycles. The van der Waals surface area contributed by atoms with Gasteiger partial charge >= 0.3 is 0 Å². The fraction of sp³-hybridized carbons (Fsp3) is 0.0625. The molecule has 0 bridgehead atoms. The molecule has 3 aromatic rings. The first-order chi connectivity index (χ1) is 11.2. The minimum atomic E-state index is -0.166. The van der Waals surface area contributed by atoms with Crippen molar-refractivity contribution in [3.8, 4) is 11.3 Å². The van der Waals surface area contributed by atoms with Gasteiger partial charge in [-0.15, -0.1) is 11.3 Å². The normalized spacial score (nSPS) is 10.3. The smallest absolute Gasteiger partial charge is 0.245 e. The van der Waals surface area contributed by atoms with E-state index in [0.717, 1.165) is 15.7 Å². The fourth-order valence-electron chi connectivity index (χ4n) is 1.91. The lowest BCUT2D eigenvalue weighted by atomic mass is 10.2. The molecular weight excluding hydrogens is 376 g/mol. The van der Waals surface area contributed by atoms with Gasteiger partial charge in [0.05, 0.1) is 12.2 Å². The minimum Gasteiger partial charge on any atom is -0.361 e. The average Bonchev–Trinajstić information content (AvgIpc) is 3.02. The number of carbonyl (C=O) groups is 1. The molecule has 0 aliphatic carbocycles. The highest BCUT2D eigenvalue weighted by Crippen LogP contribution is 2.24. The number of thiazole rings is 1. The van der Waals surface area contributed by atoms with Crippen LogP contribution in [0.15, 0.2) is 58.5 Å². The molecule has 0 spiro atoms. The van der Waals surface area contributed by atoms with Crippen LogP contribution < -0.4 is 10.6 Å². The van der Waals surface area contributed by atoms with Gasteiger partial charge in [0, 0.05) is 21.6 Å². The van der Waals surface area contributed by atoms with Gasteiger partial charge in [0.25, 0.3) is 0 Å². The molecule has 2 aromatic heterocycles. The van der Waals surface area contributed by atoms with Gasteiger partial charge in [-0.25, -0.2) is 9.97 Å². The number of benzene rings is 1. The summed E-state index contributed by atoms with van der Waals surface area (Å²) in [4.78, 5) is 20.5. The second-order valence-corrected chi connectivity index (χ2v) is 6.44. The minimum absolute atomic E-state index is 0.129. The number of hydrogen-bond acceptors (Lipinski definition) is 5. The number of anilines is 2. The van der Waals surface area contributed by atoms with E-state index in [1.54, 1.807) is 6.20 Å². The third-order valence-electron chi connectivity index (χ3n) is 2.97. The van der Waals surface area contributed by atoms with Gasteiger partial charge in [0.1, 0.15) is 5.82 Å². The first-order valence-electron chi connectivity index (χ1n) is 6.87. The summed E-state index contributed by atoms with van der Waals surface area (Å²) in [5.74, 6) is 0.472. The third-order valence-corrected chi connectivity index (χ3v) is 4.22. The summed E-state index contributed by atoms with van der Waals surface area (Å²) in [5.41, 5.74) is 1.88. The predicted molar refractivity (Wildman–Crippen MR) is 96.6 cm³/mol. The van der Waals surface area contributed by atoms with E-state index in [1.807, 2.05) is 47.8 Å². The average molecular weight is 389 g/mol. The summed E-state index contributed by atoms with van der Waals surface area (Å²) in [7, 11) is 0. The summed E-state index contributed by atoms with van der Waals surface area (Å²) in [6.07, 6.45) is 1.66. The maximum absolute atomic E-state index is 12.0. The van der Waals surface area contributed by atoms with E-state index in [1.165, 1.54) is 11.3 Å². The molecule has 1 aromatic carbocycles. The van der Waals surface area contributed by atoms with Crippen molar-refractivity contribution in [2.75, 3.05) is 17.2 Å². The van der Waals surface area contributed by atoms with E-state index in [2.05, 4.69) is 36.5 Å². The fourth-order valence-corrected chi connectivity index (χ4v) is 2.98. The molecule has 0 saturated heterocycles. The molecule has 0 aliphatic rings. The van der Waals surface area contributed by atoms with Gasteiger partial charge in [-0.3, -0.25) is 4.79 Å². The predicted octanol–water partition coefficient (Wildman–Crippen LogP) is 4.02. The first kappa shape index (κ1) is 15.6. The Balaban J connectivity index is 1.57. The van der Waals surface area contributed by atoms with E-state index in [4.69, 9.17) is 0 Å². The third kappa shape index (κ3) is 4.37. The molecule has 5 nitrogen and oxygen atoms in total. The quantitative estimate of drug-likeness (QED) is 0.692. The van der Waals surface area contributed by atoms with Crippen molar-refractivity contribution in [1.29, 1.82) is 0 Å². The van der Waals surface area contributed by atoms with Crippen molar-refractivity contribution in [3.63, 3.8) is 0 Å². The van der Waals surface area contributed by atoms with Crippen LogP contribution in [0.1, 0.15) is 0 Å². The van der Waals surface area contributed by atoms with Gasteiger partial charge in [-0.2, -0.15) is 0 Å². The van der Waals surface area contributed by atoms with Crippen LogP contribution in [-0.2, 0) is 4.79 Å². The number of pyridine rings is 1. The summed E-state index contributed by atoms with van der Waals surface area (Å²) in [6.45, 7) is 0.129. The number of amides is 1. The van der Waals surface area contributed by atoms with Crippen LogP contribution in [0.3, 0.4) is 0 Å². The lowest BCUT2D eigenvalue weighted by Crippen LogP contribution is -2.22. The highest BCUT2D eigenvalue weighted by Gasteiger charge is 2.08. The van der Waals surface area contributed by atoms with Crippen molar-refractivity contribution >= 4 is 44.1 Å². The molecule has 0 saturated carbocycles. The monoisotopic (exact) mass is 388 g/mol. The molecule has 2 heterocycles. The van der Waals surface area contributed by atoms with E-state index in [0.29, 0.717) is 10.9 Å². The Morgan fingerprint density at radius 2 is 2.04 bits per heavy atom. The molecule has 0 radical (unpaired) electrons. The maximum Gasteiger partial charge on any atom is 0.245 e. The number of nitrogens with zero attached hydrogens (tertiary/aromatic N) is 2. The van der Waals surface area contributed by atoms with Gasteiger partial charge in [-0.1, -0.05) is 46.3 Å². The summed E-state index contributed by atoms with van der Waals surface area (Å²) in [6, 6.07) is 13.5. The molecule has 0 atom stereocenters. The van der Waals surface area contributed by atoms with E-state index >= 15 is 0 Å². The number of aromatic nitrogens is 2. The second kappa shape index (κ2) is 7.34. The summed E-state index contributed by atoms with van der Waals surface area (Å²) >= 11 is 4.76. The number of carbonyl (C=O) groups excluding carboxylic acids is 1. The Labute approximate surface area is 145 Å². The van der Waals surface area contributed by atoms with Crippen molar-refractivity contribution in [2.24, 2.45) is 0 Å². The first-order valence-corrected chi connectivity index (χ1v) is 8.54. The molecule has 0 unspecified atom stereocenters. The number of rotatable bonds is 5. The van der Waals surface area contributed by atoms with Crippen LogP contribution in [0.4, 0.5) is 10.9 Å². The lowest BCUT2D eigenvalue weighted by molar-refractivity contribution is -0.114. The molecule has 3 rings (SSSR count). The van der Waals surface area contributed by atoms with Crippen molar-refractivity contribution in [3.05, 3.63) is 58.5 Å². The van der Waals surface area contributed by atoms with Gasteiger partial charge in [0.15, 0.2) is 5.13 Å². The van der Waals surface area contributed by atoms with E-state index in [-0.39, 0.29) is 12.5 Å². The molecule has 0 fully saturated rings. The molecule has 2 N–H and O–H groups in total. The highest BCUT2D eigenvalue weighted by molar-refractivity contribution is 9.10.